The van der Waals surface area contributed by atoms with E-state index in [9.17, 15) is 4.79 Å². The van der Waals surface area contributed by atoms with Crippen molar-refractivity contribution in [1.82, 2.24) is 20.2 Å². The SMILES string of the molecule is Cc1cc(Oc2ccc(NC(=O)NC3CC3C3CCCCC3)c3ccccc23)nc(NCCN(C)C)n1. The minimum absolute atomic E-state index is 0.137. The van der Waals surface area contributed by atoms with Crippen molar-refractivity contribution in [3.63, 3.8) is 0 Å². The number of benzene rings is 2. The summed E-state index contributed by atoms with van der Waals surface area (Å²) in [4.78, 5) is 23.9. The Kier molecular flexibility index (Phi) is 7.74. The van der Waals surface area contributed by atoms with Crippen LogP contribution in [0.2, 0.25) is 0 Å². The number of rotatable bonds is 9. The Hall–Kier alpha value is -3.39. The van der Waals surface area contributed by atoms with Gasteiger partial charge in [0.2, 0.25) is 11.8 Å². The fourth-order valence-electron chi connectivity index (χ4n) is 5.44. The number of aromatic nitrogens is 2. The topological polar surface area (TPSA) is 91.4 Å². The van der Waals surface area contributed by atoms with Gasteiger partial charge in [0.25, 0.3) is 0 Å². The second kappa shape index (κ2) is 11.3. The third-order valence-electron chi connectivity index (χ3n) is 7.43. The molecule has 8 heteroatoms. The summed E-state index contributed by atoms with van der Waals surface area (Å²) in [6, 6.07) is 13.7. The number of anilines is 2. The maximum Gasteiger partial charge on any atom is 0.319 e. The molecule has 0 spiro atoms. The maximum absolute atomic E-state index is 12.8. The normalized spacial score (nSPS) is 19.6. The van der Waals surface area contributed by atoms with Gasteiger partial charge in [-0.15, -0.1) is 0 Å². The molecule has 2 aromatic carbocycles. The highest BCUT2D eigenvalue weighted by atomic mass is 16.5. The number of ether oxygens (including phenoxy) is 1. The summed E-state index contributed by atoms with van der Waals surface area (Å²) in [7, 11) is 4.06. The Labute approximate surface area is 219 Å². The second-order valence-electron chi connectivity index (χ2n) is 10.7. The molecule has 0 radical (unpaired) electrons. The fourth-order valence-corrected chi connectivity index (χ4v) is 5.44. The van der Waals surface area contributed by atoms with E-state index in [1.807, 2.05) is 63.5 Å². The molecular formula is C29H38N6O2. The molecular weight excluding hydrogens is 464 g/mol. The summed E-state index contributed by atoms with van der Waals surface area (Å²) in [5.74, 6) is 3.13. The zero-order valence-corrected chi connectivity index (χ0v) is 22.1. The highest BCUT2D eigenvalue weighted by molar-refractivity contribution is 6.04. The second-order valence-corrected chi connectivity index (χ2v) is 10.7. The molecule has 2 aliphatic carbocycles. The molecule has 2 amide bonds. The van der Waals surface area contributed by atoms with Crippen molar-refractivity contribution >= 4 is 28.4 Å². The average molecular weight is 503 g/mol. The molecule has 2 atom stereocenters. The van der Waals surface area contributed by atoms with Crippen LogP contribution in [-0.4, -0.2) is 54.1 Å². The number of fused-ring (bicyclic) bond motifs is 1. The molecule has 8 nitrogen and oxygen atoms in total. The van der Waals surface area contributed by atoms with E-state index >= 15 is 0 Å². The van der Waals surface area contributed by atoms with Gasteiger partial charge in [-0.2, -0.15) is 4.98 Å². The molecule has 2 saturated carbocycles. The molecule has 0 bridgehead atoms. The Morgan fingerprint density at radius 2 is 1.84 bits per heavy atom. The van der Waals surface area contributed by atoms with Gasteiger partial charge in [-0.05, 0) is 51.4 Å². The number of nitrogens with zero attached hydrogens (tertiary/aromatic N) is 3. The first-order valence-corrected chi connectivity index (χ1v) is 13.5. The first-order valence-electron chi connectivity index (χ1n) is 13.5. The molecule has 3 aromatic rings. The molecule has 3 N–H and O–H groups in total. The number of hydrogen-bond acceptors (Lipinski definition) is 6. The van der Waals surface area contributed by atoms with Crippen molar-refractivity contribution in [1.29, 1.82) is 0 Å². The summed E-state index contributed by atoms with van der Waals surface area (Å²) in [5.41, 5.74) is 1.59. The number of amides is 2. The highest BCUT2D eigenvalue weighted by Crippen LogP contribution is 2.44. The number of urea groups is 1. The lowest BCUT2D eigenvalue weighted by Crippen LogP contribution is -2.32. The first-order chi connectivity index (χ1) is 18.0. The van der Waals surface area contributed by atoms with E-state index in [2.05, 4.69) is 30.8 Å². The van der Waals surface area contributed by atoms with Gasteiger partial charge in [-0.25, -0.2) is 9.78 Å². The summed E-state index contributed by atoms with van der Waals surface area (Å²) in [5, 5.41) is 11.4. The number of likely N-dealkylation sites (N-methyl/N-ethyl adjacent to an activating group) is 1. The van der Waals surface area contributed by atoms with Crippen molar-refractivity contribution in [2.45, 2.75) is 51.5 Å². The minimum atomic E-state index is -0.137. The van der Waals surface area contributed by atoms with Gasteiger partial charge in [-0.1, -0.05) is 56.4 Å². The Morgan fingerprint density at radius 1 is 1.05 bits per heavy atom. The zero-order valence-electron chi connectivity index (χ0n) is 22.1. The Balaban J connectivity index is 1.26. The predicted molar refractivity (Wildman–Crippen MR) is 148 cm³/mol. The summed E-state index contributed by atoms with van der Waals surface area (Å²) in [6.45, 7) is 3.54. The molecule has 2 aliphatic rings. The number of aryl methyl sites for hydroxylation is 1. The molecule has 0 aliphatic heterocycles. The predicted octanol–water partition coefficient (Wildman–Crippen LogP) is 5.79. The van der Waals surface area contributed by atoms with Crippen LogP contribution in [0.25, 0.3) is 10.8 Å². The van der Waals surface area contributed by atoms with Gasteiger partial charge >= 0.3 is 6.03 Å². The van der Waals surface area contributed by atoms with E-state index in [0.29, 0.717) is 29.5 Å². The van der Waals surface area contributed by atoms with E-state index in [4.69, 9.17) is 4.74 Å². The average Bonchev–Trinajstić information content (AvgIpc) is 3.64. The molecule has 37 heavy (non-hydrogen) atoms. The van der Waals surface area contributed by atoms with Gasteiger partial charge in [0.1, 0.15) is 5.75 Å². The monoisotopic (exact) mass is 502 g/mol. The van der Waals surface area contributed by atoms with Crippen molar-refractivity contribution in [3.8, 4) is 11.6 Å². The summed E-state index contributed by atoms with van der Waals surface area (Å²) < 4.78 is 6.23. The van der Waals surface area contributed by atoms with E-state index in [-0.39, 0.29) is 6.03 Å². The maximum atomic E-state index is 12.8. The minimum Gasteiger partial charge on any atom is -0.438 e. The van der Waals surface area contributed by atoms with Crippen LogP contribution < -0.4 is 20.7 Å². The molecule has 2 fully saturated rings. The van der Waals surface area contributed by atoms with E-state index in [1.54, 1.807) is 0 Å². The van der Waals surface area contributed by atoms with Crippen LogP contribution in [0.3, 0.4) is 0 Å². The zero-order chi connectivity index (χ0) is 25.8. The molecule has 2 unspecified atom stereocenters. The molecule has 1 aromatic heterocycles. The highest BCUT2D eigenvalue weighted by Gasteiger charge is 2.43. The lowest BCUT2D eigenvalue weighted by Gasteiger charge is -2.21. The number of hydrogen-bond donors (Lipinski definition) is 3. The number of carbonyl (C=O) groups is 1. The van der Waals surface area contributed by atoms with Gasteiger partial charge in [0.05, 0.1) is 5.69 Å². The van der Waals surface area contributed by atoms with E-state index < -0.39 is 0 Å². The van der Waals surface area contributed by atoms with Crippen molar-refractivity contribution in [3.05, 3.63) is 48.2 Å². The largest absolute Gasteiger partial charge is 0.438 e. The lowest BCUT2D eigenvalue weighted by molar-refractivity contribution is 0.249. The van der Waals surface area contributed by atoms with Crippen LogP contribution in [0, 0.1) is 18.8 Å². The van der Waals surface area contributed by atoms with E-state index in [1.165, 1.54) is 32.1 Å². The molecule has 1 heterocycles. The Morgan fingerprint density at radius 3 is 2.62 bits per heavy atom. The third-order valence-corrected chi connectivity index (χ3v) is 7.43. The Bertz CT molecular complexity index is 1240. The van der Waals surface area contributed by atoms with Crippen LogP contribution in [0.5, 0.6) is 11.6 Å². The van der Waals surface area contributed by atoms with Crippen LogP contribution in [0.1, 0.15) is 44.2 Å². The number of nitrogens with one attached hydrogen (secondary N) is 3. The van der Waals surface area contributed by atoms with Gasteiger partial charge < -0.3 is 25.6 Å². The van der Waals surface area contributed by atoms with Gasteiger partial charge in [0, 0.05) is 41.7 Å². The lowest BCUT2D eigenvalue weighted by atomic mass is 9.85. The van der Waals surface area contributed by atoms with E-state index in [0.717, 1.165) is 47.6 Å². The smallest absolute Gasteiger partial charge is 0.319 e. The van der Waals surface area contributed by atoms with Crippen LogP contribution in [-0.2, 0) is 0 Å². The van der Waals surface area contributed by atoms with Crippen LogP contribution in [0.15, 0.2) is 42.5 Å². The van der Waals surface area contributed by atoms with Crippen LogP contribution in [0.4, 0.5) is 16.4 Å². The van der Waals surface area contributed by atoms with Crippen molar-refractivity contribution in [2.75, 3.05) is 37.8 Å². The molecule has 196 valence electrons. The van der Waals surface area contributed by atoms with Gasteiger partial charge in [-0.3, -0.25) is 0 Å². The van der Waals surface area contributed by atoms with Gasteiger partial charge in [0.15, 0.2) is 0 Å². The standard InChI is InChI=1S/C29H38N6O2/c1-19-17-27(34-28(31-19)30-15-16-35(2)3)37-26-14-13-24(21-11-7-8-12-22(21)26)32-29(36)33-25-18-23(25)20-9-5-4-6-10-20/h7-8,11-14,17,20,23,25H,4-6,9-10,15-16,18H2,1-3H3,(H,30,31,34)(H2,32,33,36). The summed E-state index contributed by atoms with van der Waals surface area (Å²) in [6.07, 6.45) is 7.77. The first kappa shape index (κ1) is 25.3. The van der Waals surface area contributed by atoms with Crippen molar-refractivity contribution < 1.29 is 9.53 Å². The third kappa shape index (κ3) is 6.49. The fraction of sp³-hybridized carbons (Fsp3) is 0.483. The molecule has 0 saturated heterocycles. The molecule has 5 rings (SSSR count). The number of carbonyl (C=O) groups excluding carboxylic acids is 1. The van der Waals surface area contributed by atoms with Crippen molar-refractivity contribution in [2.24, 2.45) is 11.8 Å². The quantitative estimate of drug-likeness (QED) is 0.343. The van der Waals surface area contributed by atoms with Crippen LogP contribution >= 0.6 is 0 Å². The summed E-state index contributed by atoms with van der Waals surface area (Å²) >= 11 is 0.